The van der Waals surface area contributed by atoms with Crippen LogP contribution in [0.25, 0.3) is 10.8 Å². The highest BCUT2D eigenvalue weighted by atomic mass is 16.5. The summed E-state index contributed by atoms with van der Waals surface area (Å²) in [6.07, 6.45) is 0. The molecular weight excluding hydrogens is 420 g/mol. The van der Waals surface area contributed by atoms with Gasteiger partial charge in [-0.25, -0.2) is 0 Å². The molecular formula is C26H22N2O5. The monoisotopic (exact) mass is 442 g/mol. The Hall–Kier alpha value is -4.52. The number of anilines is 2. The van der Waals surface area contributed by atoms with Crippen LogP contribution in [0.5, 0.6) is 17.2 Å². The molecule has 7 heteroatoms. The molecule has 2 amide bonds. The number of ether oxygens (including phenoxy) is 2. The van der Waals surface area contributed by atoms with Crippen LogP contribution in [-0.2, 0) is 0 Å². The molecule has 0 spiro atoms. The number of nitrogens with one attached hydrogen (secondary N) is 2. The van der Waals surface area contributed by atoms with Gasteiger partial charge in [-0.3, -0.25) is 9.59 Å². The molecule has 0 aromatic heterocycles. The van der Waals surface area contributed by atoms with Crippen LogP contribution in [0.15, 0.2) is 78.9 Å². The number of phenols is 1. The van der Waals surface area contributed by atoms with Crippen molar-refractivity contribution in [3.05, 3.63) is 90.0 Å². The summed E-state index contributed by atoms with van der Waals surface area (Å²) in [6, 6.07) is 22.2. The molecule has 4 aromatic rings. The largest absolute Gasteiger partial charge is 0.507 e. The lowest BCUT2D eigenvalue weighted by Gasteiger charge is -2.12. The second-order valence-electron chi connectivity index (χ2n) is 7.24. The Morgan fingerprint density at radius 1 is 0.697 bits per heavy atom. The van der Waals surface area contributed by atoms with Gasteiger partial charge in [-0.2, -0.15) is 0 Å². The predicted molar refractivity (Wildman–Crippen MR) is 128 cm³/mol. The summed E-state index contributed by atoms with van der Waals surface area (Å²) in [7, 11) is 3.04. The number of carbonyl (C=O) groups is 2. The van der Waals surface area contributed by atoms with Crippen molar-refractivity contribution in [2.75, 3.05) is 24.9 Å². The van der Waals surface area contributed by atoms with Crippen LogP contribution in [-0.4, -0.2) is 31.1 Å². The predicted octanol–water partition coefficient (Wildman–Crippen LogP) is 5.07. The van der Waals surface area contributed by atoms with Gasteiger partial charge in [0, 0.05) is 5.56 Å². The Morgan fingerprint density at radius 2 is 1.27 bits per heavy atom. The lowest BCUT2D eigenvalue weighted by Crippen LogP contribution is -2.13. The van der Waals surface area contributed by atoms with Crippen molar-refractivity contribution in [1.29, 1.82) is 0 Å². The van der Waals surface area contributed by atoms with Gasteiger partial charge < -0.3 is 25.2 Å². The molecule has 0 fully saturated rings. The van der Waals surface area contributed by atoms with Gasteiger partial charge in [0.05, 0.1) is 31.2 Å². The second kappa shape index (κ2) is 9.32. The van der Waals surface area contributed by atoms with Gasteiger partial charge in [-0.1, -0.05) is 30.3 Å². The minimum Gasteiger partial charge on any atom is -0.507 e. The lowest BCUT2D eigenvalue weighted by molar-refractivity contribution is 0.101. The third kappa shape index (κ3) is 4.57. The van der Waals surface area contributed by atoms with Crippen molar-refractivity contribution in [1.82, 2.24) is 0 Å². The highest BCUT2D eigenvalue weighted by Gasteiger charge is 2.16. The maximum absolute atomic E-state index is 12.9. The molecule has 0 aliphatic heterocycles. The van der Waals surface area contributed by atoms with E-state index >= 15 is 0 Å². The van der Waals surface area contributed by atoms with E-state index in [0.717, 1.165) is 0 Å². The van der Waals surface area contributed by atoms with E-state index in [1.54, 1.807) is 66.7 Å². The molecule has 4 aromatic carbocycles. The van der Waals surface area contributed by atoms with Gasteiger partial charge in [0.1, 0.15) is 17.2 Å². The minimum atomic E-state index is -0.497. The Kier molecular flexibility index (Phi) is 6.13. The molecule has 0 heterocycles. The topological polar surface area (TPSA) is 96.9 Å². The third-order valence-corrected chi connectivity index (χ3v) is 5.17. The Balaban J connectivity index is 1.63. The van der Waals surface area contributed by atoms with E-state index in [-0.39, 0.29) is 17.2 Å². The molecule has 0 atom stereocenters. The number of rotatable bonds is 6. The van der Waals surface area contributed by atoms with Crippen molar-refractivity contribution in [3.63, 3.8) is 0 Å². The highest BCUT2D eigenvalue weighted by Crippen LogP contribution is 2.29. The number of aromatic hydroxyl groups is 1. The van der Waals surface area contributed by atoms with E-state index in [0.29, 0.717) is 39.2 Å². The quantitative estimate of drug-likeness (QED) is 0.388. The zero-order valence-electron chi connectivity index (χ0n) is 18.1. The normalized spacial score (nSPS) is 10.5. The number of hydrogen-bond donors (Lipinski definition) is 3. The number of carbonyl (C=O) groups excluding carboxylic acids is 2. The fraction of sp³-hybridized carbons (Fsp3) is 0.0769. The molecule has 0 unspecified atom stereocenters. The molecule has 4 rings (SSSR count). The number of methoxy groups -OCH3 is 2. The van der Waals surface area contributed by atoms with Crippen molar-refractivity contribution < 1.29 is 24.2 Å². The Bertz CT molecular complexity index is 1350. The van der Waals surface area contributed by atoms with Crippen molar-refractivity contribution in [2.45, 2.75) is 0 Å². The summed E-state index contributed by atoms with van der Waals surface area (Å²) in [5.41, 5.74) is 1.51. The van der Waals surface area contributed by atoms with Crippen LogP contribution in [0.4, 0.5) is 11.4 Å². The first-order valence-electron chi connectivity index (χ1n) is 10.2. The fourth-order valence-corrected chi connectivity index (χ4v) is 3.49. The molecule has 166 valence electrons. The number of fused-ring (bicyclic) bond motifs is 1. The first-order chi connectivity index (χ1) is 16.0. The SMILES string of the molecule is COc1ccccc1NC(=O)c1ccc2cc(O)c(C(=O)Nc3ccccc3OC)cc2c1. The average molecular weight is 442 g/mol. The van der Waals surface area contributed by atoms with Crippen LogP contribution >= 0.6 is 0 Å². The van der Waals surface area contributed by atoms with Gasteiger partial charge in [0.15, 0.2) is 0 Å². The summed E-state index contributed by atoms with van der Waals surface area (Å²) < 4.78 is 10.5. The highest BCUT2D eigenvalue weighted by molar-refractivity contribution is 6.11. The van der Waals surface area contributed by atoms with Crippen LogP contribution < -0.4 is 20.1 Å². The number of amides is 2. The van der Waals surface area contributed by atoms with Crippen LogP contribution in [0, 0.1) is 0 Å². The van der Waals surface area contributed by atoms with Gasteiger partial charge >= 0.3 is 0 Å². The third-order valence-electron chi connectivity index (χ3n) is 5.17. The minimum absolute atomic E-state index is 0.0793. The average Bonchev–Trinajstić information content (AvgIpc) is 2.83. The summed E-state index contributed by atoms with van der Waals surface area (Å²) >= 11 is 0. The second-order valence-corrected chi connectivity index (χ2v) is 7.24. The van der Waals surface area contributed by atoms with E-state index in [1.807, 2.05) is 6.07 Å². The van der Waals surface area contributed by atoms with E-state index in [4.69, 9.17) is 9.47 Å². The lowest BCUT2D eigenvalue weighted by atomic mass is 10.0. The van der Waals surface area contributed by atoms with E-state index in [9.17, 15) is 14.7 Å². The van der Waals surface area contributed by atoms with Crippen LogP contribution in [0.2, 0.25) is 0 Å². The Labute approximate surface area is 190 Å². The first kappa shape index (κ1) is 21.7. The molecule has 0 saturated heterocycles. The number of para-hydroxylation sites is 4. The number of benzene rings is 4. The van der Waals surface area contributed by atoms with Gasteiger partial charge in [0.25, 0.3) is 11.8 Å². The summed E-state index contributed by atoms with van der Waals surface area (Å²) in [5, 5.41) is 17.3. The zero-order valence-corrected chi connectivity index (χ0v) is 18.1. The maximum atomic E-state index is 12.9. The van der Waals surface area contributed by atoms with Crippen molar-refractivity contribution >= 4 is 34.0 Å². The molecule has 7 nitrogen and oxygen atoms in total. The molecule has 0 aliphatic rings. The number of hydrogen-bond acceptors (Lipinski definition) is 5. The van der Waals surface area contributed by atoms with E-state index in [1.165, 1.54) is 20.3 Å². The smallest absolute Gasteiger partial charge is 0.259 e. The van der Waals surface area contributed by atoms with Crippen molar-refractivity contribution in [3.8, 4) is 17.2 Å². The van der Waals surface area contributed by atoms with Gasteiger partial charge in [0.2, 0.25) is 0 Å². The van der Waals surface area contributed by atoms with E-state index < -0.39 is 5.91 Å². The maximum Gasteiger partial charge on any atom is 0.259 e. The molecule has 0 radical (unpaired) electrons. The number of phenolic OH excluding ortho intramolecular Hbond substituents is 1. The molecule has 3 N–H and O–H groups in total. The van der Waals surface area contributed by atoms with Crippen molar-refractivity contribution in [2.24, 2.45) is 0 Å². The molecule has 0 bridgehead atoms. The zero-order chi connectivity index (χ0) is 23.4. The van der Waals surface area contributed by atoms with E-state index in [2.05, 4.69) is 10.6 Å². The van der Waals surface area contributed by atoms with Crippen LogP contribution in [0.1, 0.15) is 20.7 Å². The first-order valence-corrected chi connectivity index (χ1v) is 10.2. The fourth-order valence-electron chi connectivity index (χ4n) is 3.49. The summed E-state index contributed by atoms with van der Waals surface area (Å²) in [4.78, 5) is 25.7. The summed E-state index contributed by atoms with van der Waals surface area (Å²) in [5.74, 6) is 0.0617. The van der Waals surface area contributed by atoms with Crippen LogP contribution in [0.3, 0.4) is 0 Å². The van der Waals surface area contributed by atoms with Gasteiger partial charge in [-0.15, -0.1) is 0 Å². The molecule has 33 heavy (non-hydrogen) atoms. The summed E-state index contributed by atoms with van der Waals surface area (Å²) in [6.45, 7) is 0. The Morgan fingerprint density at radius 3 is 1.88 bits per heavy atom. The van der Waals surface area contributed by atoms with Gasteiger partial charge in [-0.05, 0) is 59.3 Å². The standard InChI is InChI=1S/C26H22N2O5/c1-32-23-9-5-3-7-20(23)27-25(30)17-12-11-16-15-22(29)19(14-18(16)13-17)26(31)28-21-8-4-6-10-24(21)33-2/h3-15,29H,1-2H3,(H,27,30)(H,28,31). The molecule has 0 saturated carbocycles. The molecule has 0 aliphatic carbocycles.